The predicted octanol–water partition coefficient (Wildman–Crippen LogP) is 18.4. The van der Waals surface area contributed by atoms with Crippen molar-refractivity contribution in [1.29, 1.82) is 0 Å². The molecule has 0 radical (unpaired) electrons. The Labute approximate surface area is 386 Å². The molecule has 0 N–H and O–H groups in total. The van der Waals surface area contributed by atoms with Crippen LogP contribution >= 0.6 is 0 Å². The zero-order chi connectivity index (χ0) is 44.9. The molecule has 0 unspecified atom stereocenters. The summed E-state index contributed by atoms with van der Waals surface area (Å²) < 4.78 is 0. The van der Waals surface area contributed by atoms with Crippen molar-refractivity contribution in [3.63, 3.8) is 0 Å². The van der Waals surface area contributed by atoms with Gasteiger partial charge in [-0.2, -0.15) is 0 Å². The summed E-state index contributed by atoms with van der Waals surface area (Å²) in [7, 11) is 0. The third kappa shape index (κ3) is 6.27. The molecular formula is C65H47N. The number of hydrogen-bond donors (Lipinski definition) is 0. The smallest absolute Gasteiger partial charge is 0.0794 e. The van der Waals surface area contributed by atoms with E-state index in [1.54, 1.807) is 0 Å². The SMILES string of the molecule is C=Cc1c(C=C)c(-c2cc3c(C/C=C\C=C/C)cc4ccccc4c3c3ccccc23)c2ccccc2c1-c1cc2c(-c3ccccc3)nc3c4ccccc4ccc3c2c(C=C)c1C=C. The Morgan fingerprint density at radius 1 is 0.424 bits per heavy atom. The Morgan fingerprint density at radius 2 is 1.00 bits per heavy atom. The highest BCUT2D eigenvalue weighted by atomic mass is 14.7. The lowest BCUT2D eigenvalue weighted by molar-refractivity contribution is 1.31. The lowest BCUT2D eigenvalue weighted by Crippen LogP contribution is -2.01. The van der Waals surface area contributed by atoms with Crippen molar-refractivity contribution in [3.05, 3.63) is 236 Å². The van der Waals surface area contributed by atoms with Gasteiger partial charge >= 0.3 is 0 Å². The maximum absolute atomic E-state index is 5.56. The molecule has 11 rings (SSSR count). The van der Waals surface area contributed by atoms with Crippen molar-refractivity contribution in [2.24, 2.45) is 0 Å². The van der Waals surface area contributed by atoms with Gasteiger partial charge in [-0.15, -0.1) is 0 Å². The quantitative estimate of drug-likeness (QED) is 0.0987. The Morgan fingerprint density at radius 3 is 1.68 bits per heavy atom. The fraction of sp³-hybridized carbons (Fsp3) is 0.0308. The van der Waals surface area contributed by atoms with Gasteiger partial charge in [-0.05, 0) is 124 Å². The van der Waals surface area contributed by atoms with Crippen molar-refractivity contribution in [3.8, 4) is 33.5 Å². The minimum absolute atomic E-state index is 0.804. The van der Waals surface area contributed by atoms with Gasteiger partial charge in [0.1, 0.15) is 0 Å². The van der Waals surface area contributed by atoms with Crippen LogP contribution in [-0.2, 0) is 6.42 Å². The van der Waals surface area contributed by atoms with E-state index in [2.05, 4.69) is 215 Å². The molecule has 10 aromatic carbocycles. The van der Waals surface area contributed by atoms with Gasteiger partial charge < -0.3 is 0 Å². The van der Waals surface area contributed by atoms with Crippen LogP contribution in [-0.4, -0.2) is 4.98 Å². The molecule has 0 aliphatic carbocycles. The van der Waals surface area contributed by atoms with Crippen LogP contribution in [0.2, 0.25) is 0 Å². The molecule has 1 aromatic heterocycles. The van der Waals surface area contributed by atoms with Gasteiger partial charge in [0.15, 0.2) is 0 Å². The van der Waals surface area contributed by atoms with Crippen molar-refractivity contribution in [2.45, 2.75) is 13.3 Å². The molecule has 0 atom stereocenters. The van der Waals surface area contributed by atoms with Crippen LogP contribution < -0.4 is 0 Å². The maximum atomic E-state index is 5.56. The molecule has 0 fully saturated rings. The van der Waals surface area contributed by atoms with E-state index in [1.165, 1.54) is 37.9 Å². The number of benzene rings is 10. The number of fused-ring (bicyclic) bond motifs is 11. The van der Waals surface area contributed by atoms with E-state index >= 15 is 0 Å². The highest BCUT2D eigenvalue weighted by Crippen LogP contribution is 2.50. The Balaban J connectivity index is 1.28. The third-order valence-electron chi connectivity index (χ3n) is 13.5. The van der Waals surface area contributed by atoms with E-state index in [0.29, 0.717) is 0 Å². The monoisotopic (exact) mass is 841 g/mol. The number of pyridine rings is 1. The summed E-state index contributed by atoms with van der Waals surface area (Å²) in [6.07, 6.45) is 17.4. The molecular weight excluding hydrogens is 795 g/mol. The van der Waals surface area contributed by atoms with Gasteiger partial charge in [-0.1, -0.05) is 221 Å². The molecule has 11 aromatic rings. The van der Waals surface area contributed by atoms with Crippen LogP contribution in [0.1, 0.15) is 34.7 Å². The molecule has 0 saturated carbocycles. The molecule has 1 nitrogen and oxygen atoms in total. The minimum atomic E-state index is 0.804. The minimum Gasteiger partial charge on any atom is -0.246 e. The topological polar surface area (TPSA) is 12.9 Å². The molecule has 0 saturated heterocycles. The van der Waals surface area contributed by atoms with E-state index in [-0.39, 0.29) is 0 Å². The second-order valence-electron chi connectivity index (χ2n) is 16.9. The fourth-order valence-corrected chi connectivity index (χ4v) is 10.7. The Hall–Kier alpha value is -8.39. The summed E-state index contributed by atoms with van der Waals surface area (Å²) in [6.45, 7) is 20.1. The summed E-state index contributed by atoms with van der Waals surface area (Å²) in [5.74, 6) is 0. The Bertz CT molecular complexity index is 3910. The number of allylic oxidation sites excluding steroid dienone is 4. The number of hydrogen-bond acceptors (Lipinski definition) is 1. The molecule has 0 bridgehead atoms. The van der Waals surface area contributed by atoms with E-state index in [1.807, 2.05) is 24.3 Å². The predicted molar refractivity (Wildman–Crippen MR) is 291 cm³/mol. The molecule has 0 spiro atoms. The summed E-state index contributed by atoms with van der Waals surface area (Å²) in [4.78, 5) is 5.56. The van der Waals surface area contributed by atoms with Gasteiger partial charge in [0.25, 0.3) is 0 Å². The first kappa shape index (κ1) is 40.4. The van der Waals surface area contributed by atoms with Gasteiger partial charge in [0, 0.05) is 27.1 Å². The zero-order valence-electron chi connectivity index (χ0n) is 37.1. The highest BCUT2D eigenvalue weighted by molar-refractivity contribution is 6.27. The van der Waals surface area contributed by atoms with Crippen molar-refractivity contribution < 1.29 is 0 Å². The van der Waals surface area contributed by atoms with Gasteiger partial charge in [-0.3, -0.25) is 0 Å². The summed E-state index contributed by atoms with van der Waals surface area (Å²) in [5, 5.41) is 15.2. The molecule has 0 aliphatic heterocycles. The normalized spacial score (nSPS) is 11.9. The van der Waals surface area contributed by atoms with Gasteiger partial charge in [0.05, 0.1) is 11.2 Å². The number of nitrogens with zero attached hydrogens (tertiary/aromatic N) is 1. The third-order valence-corrected chi connectivity index (χ3v) is 13.5. The first-order valence-electron chi connectivity index (χ1n) is 22.7. The van der Waals surface area contributed by atoms with E-state index in [0.717, 1.165) is 105 Å². The van der Waals surface area contributed by atoms with E-state index in [4.69, 9.17) is 4.98 Å². The zero-order valence-corrected chi connectivity index (χ0v) is 37.1. The maximum Gasteiger partial charge on any atom is 0.0794 e. The lowest BCUT2D eigenvalue weighted by atomic mass is 9.79. The number of aromatic nitrogens is 1. The summed E-state index contributed by atoms with van der Waals surface area (Å²) >= 11 is 0. The van der Waals surface area contributed by atoms with Crippen molar-refractivity contribution >= 4 is 99.8 Å². The second kappa shape index (κ2) is 16.6. The standard InChI is InChI=1S/C65H47N/c1-6-11-12-14-28-44-38-43-29-18-19-30-49(43)63-52-33-22-21-32-51(52)58(39-56(44)63)61-48(10-5)47(9-4)60(53-34-23-24-35-54(53)61)57-40-59-62(46(8-3)45(57)7-2)55-37-36-41-25-17-20-31-50(41)65(55)66-64(59)42-26-15-13-16-27-42/h6-27,29-40H,2-5,28H2,1H3/b11-6-,14-12-. The fourth-order valence-electron chi connectivity index (χ4n) is 10.7. The largest absolute Gasteiger partial charge is 0.246 e. The molecule has 312 valence electrons. The van der Waals surface area contributed by atoms with Crippen LogP contribution in [0.25, 0.3) is 133 Å². The summed E-state index contributed by atoms with van der Waals surface area (Å²) in [6, 6.07) is 57.2. The van der Waals surface area contributed by atoms with Crippen LogP contribution in [0.15, 0.2) is 208 Å². The molecule has 66 heavy (non-hydrogen) atoms. The lowest BCUT2D eigenvalue weighted by Gasteiger charge is -2.24. The second-order valence-corrected chi connectivity index (χ2v) is 16.9. The van der Waals surface area contributed by atoms with Gasteiger partial charge in [-0.25, -0.2) is 4.98 Å². The number of rotatable bonds is 10. The average Bonchev–Trinajstić information content (AvgIpc) is 3.37. The molecule has 0 amide bonds. The van der Waals surface area contributed by atoms with Gasteiger partial charge in [0.2, 0.25) is 0 Å². The molecule has 1 heterocycles. The van der Waals surface area contributed by atoms with Crippen LogP contribution in [0.4, 0.5) is 0 Å². The van der Waals surface area contributed by atoms with Crippen LogP contribution in [0.5, 0.6) is 0 Å². The van der Waals surface area contributed by atoms with E-state index in [9.17, 15) is 0 Å². The van der Waals surface area contributed by atoms with Crippen LogP contribution in [0, 0.1) is 0 Å². The molecule has 1 heteroatoms. The first-order valence-corrected chi connectivity index (χ1v) is 22.7. The van der Waals surface area contributed by atoms with Crippen LogP contribution in [0.3, 0.4) is 0 Å². The van der Waals surface area contributed by atoms with Crippen molar-refractivity contribution in [1.82, 2.24) is 4.98 Å². The first-order chi connectivity index (χ1) is 32.6. The van der Waals surface area contributed by atoms with Crippen molar-refractivity contribution in [2.75, 3.05) is 0 Å². The molecule has 0 aliphatic rings. The Kier molecular flexibility index (Phi) is 10.2. The van der Waals surface area contributed by atoms with E-state index < -0.39 is 0 Å². The average molecular weight is 842 g/mol. The highest BCUT2D eigenvalue weighted by Gasteiger charge is 2.26. The summed E-state index contributed by atoms with van der Waals surface area (Å²) in [5.41, 5.74) is 12.7.